The Labute approximate surface area is 120 Å². The van der Waals surface area contributed by atoms with Crippen LogP contribution in [0.3, 0.4) is 0 Å². The van der Waals surface area contributed by atoms with Crippen molar-refractivity contribution in [3.8, 4) is 11.1 Å². The van der Waals surface area contributed by atoms with E-state index >= 15 is 0 Å². The molecule has 0 unspecified atom stereocenters. The third-order valence-corrected chi connectivity index (χ3v) is 3.57. The number of halogens is 1. The van der Waals surface area contributed by atoms with Crippen LogP contribution in [0.15, 0.2) is 36.5 Å². The van der Waals surface area contributed by atoms with Gasteiger partial charge < -0.3 is 15.0 Å². The van der Waals surface area contributed by atoms with Crippen LogP contribution in [-0.2, 0) is 4.79 Å². The van der Waals surface area contributed by atoms with Crippen LogP contribution >= 0.6 is 0 Å². The second-order valence-corrected chi connectivity index (χ2v) is 4.96. The number of amides is 1. The van der Waals surface area contributed by atoms with Crippen LogP contribution in [0.1, 0.15) is 23.0 Å². The average molecular weight is 288 g/mol. The topological polar surface area (TPSA) is 71.3 Å². The third kappa shape index (κ3) is 2.40. The van der Waals surface area contributed by atoms with Crippen LogP contribution in [0.25, 0.3) is 11.1 Å². The van der Waals surface area contributed by atoms with E-state index in [1.807, 2.05) is 0 Å². The van der Waals surface area contributed by atoms with Crippen LogP contribution < -0.4 is 5.32 Å². The lowest BCUT2D eigenvalue weighted by Crippen LogP contribution is -2.39. The van der Waals surface area contributed by atoms with Crippen molar-refractivity contribution < 1.29 is 19.1 Å². The van der Waals surface area contributed by atoms with Crippen molar-refractivity contribution >= 4 is 11.9 Å². The van der Waals surface area contributed by atoms with Crippen molar-refractivity contribution in [2.75, 3.05) is 6.54 Å². The molecule has 2 aromatic rings. The lowest BCUT2D eigenvalue weighted by Gasteiger charge is -2.25. The number of aliphatic carboxylic acids is 1. The fourth-order valence-corrected chi connectivity index (χ4v) is 2.58. The molecule has 6 heteroatoms. The van der Waals surface area contributed by atoms with Gasteiger partial charge >= 0.3 is 5.97 Å². The van der Waals surface area contributed by atoms with Crippen molar-refractivity contribution in [3.05, 3.63) is 48.0 Å². The van der Waals surface area contributed by atoms with Gasteiger partial charge in [0.25, 0.3) is 5.91 Å². The first-order valence-electron chi connectivity index (χ1n) is 6.53. The number of hydrogen-bond acceptors (Lipinski definition) is 2. The number of rotatable bonds is 3. The molecule has 1 aliphatic rings. The molecule has 21 heavy (non-hydrogen) atoms. The lowest BCUT2D eigenvalue weighted by atomic mass is 10.1. The highest BCUT2D eigenvalue weighted by molar-refractivity contribution is 5.95. The molecule has 1 atom stereocenters. The smallest absolute Gasteiger partial charge is 0.305 e. The number of carboxylic acids is 1. The summed E-state index contributed by atoms with van der Waals surface area (Å²) in [5.41, 5.74) is 1.31. The van der Waals surface area contributed by atoms with E-state index in [9.17, 15) is 14.0 Å². The number of nitrogens with one attached hydrogen (secondary N) is 1. The van der Waals surface area contributed by atoms with Gasteiger partial charge in [0.15, 0.2) is 0 Å². The molecular weight excluding hydrogens is 275 g/mol. The molecule has 0 saturated carbocycles. The van der Waals surface area contributed by atoms with Gasteiger partial charge in [0.1, 0.15) is 11.5 Å². The minimum atomic E-state index is -0.941. The molecule has 0 saturated heterocycles. The summed E-state index contributed by atoms with van der Waals surface area (Å²) in [5, 5.41) is 11.6. The number of carbonyl (C=O) groups is 2. The van der Waals surface area contributed by atoms with Crippen LogP contribution in [0.4, 0.5) is 4.39 Å². The van der Waals surface area contributed by atoms with Crippen LogP contribution in [0.2, 0.25) is 0 Å². The number of carbonyl (C=O) groups excluding carboxylic acids is 1. The van der Waals surface area contributed by atoms with Crippen LogP contribution in [0.5, 0.6) is 0 Å². The Hall–Kier alpha value is -2.63. The maximum absolute atomic E-state index is 13.8. The molecule has 0 aliphatic carbocycles. The zero-order chi connectivity index (χ0) is 15.0. The second kappa shape index (κ2) is 5.05. The summed E-state index contributed by atoms with van der Waals surface area (Å²) in [5.74, 6) is -1.60. The fraction of sp³-hybridized carbons (Fsp3) is 0.200. The van der Waals surface area contributed by atoms with Gasteiger partial charge in [0.05, 0.1) is 12.5 Å². The summed E-state index contributed by atoms with van der Waals surface area (Å²) in [4.78, 5) is 22.8. The molecule has 0 spiro atoms. The first kappa shape index (κ1) is 13.4. The van der Waals surface area contributed by atoms with Gasteiger partial charge in [-0.3, -0.25) is 9.59 Å². The Morgan fingerprint density at radius 1 is 1.43 bits per heavy atom. The number of nitrogens with zero attached hydrogens (tertiary/aromatic N) is 1. The monoisotopic (exact) mass is 288 g/mol. The Bertz CT molecular complexity index is 723. The van der Waals surface area contributed by atoms with Crippen LogP contribution in [0, 0.1) is 5.82 Å². The zero-order valence-electron chi connectivity index (χ0n) is 11.0. The van der Waals surface area contributed by atoms with E-state index in [2.05, 4.69) is 5.32 Å². The van der Waals surface area contributed by atoms with Gasteiger partial charge in [-0.25, -0.2) is 4.39 Å². The average Bonchev–Trinajstić information content (AvgIpc) is 2.88. The van der Waals surface area contributed by atoms with E-state index in [0.29, 0.717) is 16.8 Å². The van der Waals surface area contributed by atoms with Crippen molar-refractivity contribution in [2.24, 2.45) is 0 Å². The summed E-state index contributed by atoms with van der Waals surface area (Å²) in [6.45, 7) is 0.253. The van der Waals surface area contributed by atoms with Gasteiger partial charge in [-0.2, -0.15) is 0 Å². The largest absolute Gasteiger partial charge is 0.481 e. The predicted octanol–water partition coefficient (Wildman–Crippen LogP) is 2.05. The maximum Gasteiger partial charge on any atom is 0.305 e. The second-order valence-electron chi connectivity index (χ2n) is 4.96. The maximum atomic E-state index is 13.8. The number of fused-ring (bicyclic) bond motifs is 1. The Balaban J connectivity index is 2.06. The highest BCUT2D eigenvalue weighted by atomic mass is 19.1. The van der Waals surface area contributed by atoms with Crippen molar-refractivity contribution in [1.29, 1.82) is 0 Å². The molecule has 108 valence electrons. The number of carboxylic acid groups (broad SMARTS) is 1. The van der Waals surface area contributed by atoms with E-state index < -0.39 is 5.97 Å². The SMILES string of the molecule is O=C(O)C[C@@H]1CNC(=O)c2cc(-c3ccccc3F)cn21. The number of hydrogen-bond donors (Lipinski definition) is 2. The van der Waals surface area contributed by atoms with E-state index in [1.165, 1.54) is 6.07 Å². The van der Waals surface area contributed by atoms with Crippen LogP contribution in [-0.4, -0.2) is 28.1 Å². The van der Waals surface area contributed by atoms with E-state index in [-0.39, 0.29) is 30.7 Å². The highest BCUT2D eigenvalue weighted by Gasteiger charge is 2.27. The Morgan fingerprint density at radius 2 is 2.19 bits per heavy atom. The van der Waals surface area contributed by atoms with Gasteiger partial charge in [-0.1, -0.05) is 18.2 Å². The summed E-state index contributed by atoms with van der Waals surface area (Å²) in [7, 11) is 0. The molecule has 1 aromatic carbocycles. The van der Waals surface area contributed by atoms with Crippen molar-refractivity contribution in [3.63, 3.8) is 0 Å². The van der Waals surface area contributed by atoms with E-state index in [0.717, 1.165) is 0 Å². The molecule has 2 heterocycles. The van der Waals surface area contributed by atoms with Gasteiger partial charge in [0, 0.05) is 23.9 Å². The lowest BCUT2D eigenvalue weighted by molar-refractivity contribution is -0.137. The van der Waals surface area contributed by atoms with Crippen molar-refractivity contribution in [2.45, 2.75) is 12.5 Å². The summed E-state index contributed by atoms with van der Waals surface area (Å²) < 4.78 is 15.5. The van der Waals surface area contributed by atoms with E-state index in [4.69, 9.17) is 5.11 Å². The standard InChI is InChI=1S/C15H13FN2O3/c16-12-4-2-1-3-11(12)9-5-13-15(21)17-7-10(6-14(19)20)18(13)8-9/h1-5,8,10H,6-7H2,(H,17,21)(H,19,20)/t10-/m1/s1. The summed E-state index contributed by atoms with van der Waals surface area (Å²) in [6, 6.07) is 7.50. The first-order chi connectivity index (χ1) is 10.1. The molecule has 0 fully saturated rings. The molecule has 1 amide bonds. The third-order valence-electron chi connectivity index (χ3n) is 3.57. The Morgan fingerprint density at radius 3 is 2.90 bits per heavy atom. The molecule has 1 aliphatic heterocycles. The quantitative estimate of drug-likeness (QED) is 0.908. The minimum Gasteiger partial charge on any atom is -0.481 e. The van der Waals surface area contributed by atoms with Crippen molar-refractivity contribution in [1.82, 2.24) is 9.88 Å². The molecule has 5 nitrogen and oxygen atoms in total. The number of aromatic nitrogens is 1. The molecular formula is C15H13FN2O3. The van der Waals surface area contributed by atoms with Gasteiger partial charge in [-0.15, -0.1) is 0 Å². The molecule has 0 bridgehead atoms. The molecule has 3 rings (SSSR count). The van der Waals surface area contributed by atoms with E-state index in [1.54, 1.807) is 35.0 Å². The fourth-order valence-electron chi connectivity index (χ4n) is 2.58. The molecule has 1 aromatic heterocycles. The molecule has 2 N–H and O–H groups in total. The normalized spacial score (nSPS) is 17.2. The molecule has 0 radical (unpaired) electrons. The van der Waals surface area contributed by atoms with Gasteiger partial charge in [0.2, 0.25) is 0 Å². The highest BCUT2D eigenvalue weighted by Crippen LogP contribution is 2.29. The zero-order valence-corrected chi connectivity index (χ0v) is 11.0. The summed E-state index contributed by atoms with van der Waals surface area (Å²) >= 11 is 0. The number of benzene rings is 1. The first-order valence-corrected chi connectivity index (χ1v) is 6.53. The Kier molecular flexibility index (Phi) is 3.21. The summed E-state index contributed by atoms with van der Waals surface area (Å²) in [6.07, 6.45) is 1.54. The predicted molar refractivity (Wildman–Crippen MR) is 73.4 cm³/mol. The van der Waals surface area contributed by atoms with Gasteiger partial charge in [-0.05, 0) is 12.1 Å². The minimum absolute atomic E-state index is 0.0985.